The van der Waals surface area contributed by atoms with Crippen LogP contribution < -0.4 is 5.32 Å². The number of piperidine rings is 1. The van der Waals surface area contributed by atoms with E-state index in [-0.39, 0.29) is 0 Å². The molecule has 18 heavy (non-hydrogen) atoms. The minimum atomic E-state index is 0.337. The van der Waals surface area contributed by atoms with Crippen LogP contribution in [0.4, 0.5) is 0 Å². The lowest BCUT2D eigenvalue weighted by atomic mass is 9.84. The molecule has 0 bridgehead atoms. The Balaban J connectivity index is 1.94. The second kappa shape index (κ2) is 4.49. The highest BCUT2D eigenvalue weighted by Gasteiger charge is 2.44. The maximum Gasteiger partial charge on any atom is 0.0209 e. The van der Waals surface area contributed by atoms with E-state index in [0.717, 1.165) is 0 Å². The highest BCUT2D eigenvalue weighted by atomic mass is 15.2. The van der Waals surface area contributed by atoms with Crippen molar-refractivity contribution in [2.45, 2.75) is 84.3 Å². The summed E-state index contributed by atoms with van der Waals surface area (Å²) in [4.78, 5) is 2.64. The molecule has 2 heterocycles. The van der Waals surface area contributed by atoms with Crippen LogP contribution in [0.1, 0.15) is 67.2 Å². The Labute approximate surface area is 114 Å². The molecule has 2 heteroatoms. The molecule has 1 atom stereocenters. The van der Waals surface area contributed by atoms with E-state index in [9.17, 15) is 0 Å². The van der Waals surface area contributed by atoms with Crippen molar-refractivity contribution in [3.63, 3.8) is 0 Å². The van der Waals surface area contributed by atoms with E-state index >= 15 is 0 Å². The topological polar surface area (TPSA) is 15.3 Å². The first-order valence-corrected chi connectivity index (χ1v) is 7.65. The van der Waals surface area contributed by atoms with Gasteiger partial charge in [0.1, 0.15) is 0 Å². The van der Waals surface area contributed by atoms with Crippen LogP contribution in [0.5, 0.6) is 0 Å². The molecule has 2 fully saturated rings. The summed E-state index contributed by atoms with van der Waals surface area (Å²) in [5, 5.41) is 3.99. The average Bonchev–Trinajstić information content (AvgIpc) is 2.61. The molecule has 0 aromatic rings. The standard InChI is InChI=1S/C16H32N2/c1-14(2,3)13-7-8-16(17-13)9-11-18(12-10-16)15(4,5)6/h13,17H,7-12H2,1-6H3/t13-/m0/s1. The molecule has 0 aromatic heterocycles. The monoisotopic (exact) mass is 252 g/mol. The first-order valence-electron chi connectivity index (χ1n) is 7.65. The number of hydrogen-bond donors (Lipinski definition) is 1. The Morgan fingerprint density at radius 3 is 1.89 bits per heavy atom. The summed E-state index contributed by atoms with van der Waals surface area (Å²) in [5.41, 5.74) is 1.20. The van der Waals surface area contributed by atoms with Crippen LogP contribution in [-0.2, 0) is 0 Å². The number of rotatable bonds is 0. The van der Waals surface area contributed by atoms with Crippen molar-refractivity contribution in [1.29, 1.82) is 0 Å². The highest BCUT2D eigenvalue weighted by molar-refractivity contribution is 5.04. The molecule has 2 aliphatic rings. The van der Waals surface area contributed by atoms with Gasteiger partial charge in [-0.25, -0.2) is 0 Å². The third-order valence-electron chi connectivity index (χ3n) is 5.11. The lowest BCUT2D eigenvalue weighted by Crippen LogP contribution is -2.56. The average molecular weight is 252 g/mol. The van der Waals surface area contributed by atoms with Gasteiger partial charge in [0.15, 0.2) is 0 Å². The van der Waals surface area contributed by atoms with Crippen LogP contribution in [0.25, 0.3) is 0 Å². The van der Waals surface area contributed by atoms with Crippen molar-refractivity contribution < 1.29 is 0 Å². The summed E-state index contributed by atoms with van der Waals surface area (Å²) >= 11 is 0. The predicted molar refractivity (Wildman–Crippen MR) is 78.9 cm³/mol. The Morgan fingerprint density at radius 1 is 0.944 bits per heavy atom. The molecule has 0 aliphatic carbocycles. The molecule has 1 N–H and O–H groups in total. The van der Waals surface area contributed by atoms with Crippen LogP contribution in [0.2, 0.25) is 0 Å². The number of nitrogens with zero attached hydrogens (tertiary/aromatic N) is 1. The molecule has 106 valence electrons. The molecular weight excluding hydrogens is 220 g/mol. The first-order chi connectivity index (χ1) is 8.12. The van der Waals surface area contributed by atoms with Crippen LogP contribution in [-0.4, -0.2) is 35.1 Å². The Kier molecular flexibility index (Phi) is 3.57. The van der Waals surface area contributed by atoms with Crippen molar-refractivity contribution in [2.75, 3.05) is 13.1 Å². The second-order valence-electron chi connectivity index (χ2n) is 8.54. The zero-order valence-corrected chi connectivity index (χ0v) is 13.3. The molecule has 0 radical (unpaired) electrons. The van der Waals surface area contributed by atoms with Gasteiger partial charge in [-0.15, -0.1) is 0 Å². The highest BCUT2D eigenvalue weighted by Crippen LogP contribution is 2.39. The molecule has 2 aliphatic heterocycles. The Morgan fingerprint density at radius 2 is 1.50 bits per heavy atom. The van der Waals surface area contributed by atoms with Gasteiger partial charge in [-0.2, -0.15) is 0 Å². The third-order valence-corrected chi connectivity index (χ3v) is 5.11. The number of hydrogen-bond acceptors (Lipinski definition) is 2. The molecule has 2 rings (SSSR count). The summed E-state index contributed by atoms with van der Waals surface area (Å²) < 4.78 is 0. The van der Waals surface area contributed by atoms with Crippen molar-refractivity contribution in [3.05, 3.63) is 0 Å². The summed E-state index contributed by atoms with van der Waals surface area (Å²) in [7, 11) is 0. The third kappa shape index (κ3) is 2.91. The molecule has 0 aromatic carbocycles. The zero-order chi connectivity index (χ0) is 13.6. The molecule has 0 unspecified atom stereocenters. The van der Waals surface area contributed by atoms with E-state index in [1.165, 1.54) is 38.8 Å². The van der Waals surface area contributed by atoms with Crippen LogP contribution in [0, 0.1) is 5.41 Å². The normalized spacial score (nSPS) is 30.0. The largest absolute Gasteiger partial charge is 0.308 e. The summed E-state index contributed by atoms with van der Waals surface area (Å²) in [6, 6.07) is 0.707. The Hall–Kier alpha value is -0.0800. The van der Waals surface area contributed by atoms with Gasteiger partial charge in [0.25, 0.3) is 0 Å². The van der Waals surface area contributed by atoms with Gasteiger partial charge in [-0.05, 0) is 51.9 Å². The lowest BCUT2D eigenvalue weighted by Gasteiger charge is -2.46. The molecule has 1 spiro atoms. The van der Waals surface area contributed by atoms with Gasteiger partial charge in [0.05, 0.1) is 0 Å². The number of nitrogens with one attached hydrogen (secondary N) is 1. The van der Waals surface area contributed by atoms with Gasteiger partial charge in [0, 0.05) is 30.2 Å². The van der Waals surface area contributed by atoms with Crippen LogP contribution in [0.3, 0.4) is 0 Å². The van der Waals surface area contributed by atoms with Gasteiger partial charge < -0.3 is 5.32 Å². The quantitative estimate of drug-likeness (QED) is 0.710. The molecular formula is C16H32N2. The minimum absolute atomic E-state index is 0.337. The lowest BCUT2D eigenvalue weighted by molar-refractivity contribution is 0.0655. The zero-order valence-electron chi connectivity index (χ0n) is 13.3. The van der Waals surface area contributed by atoms with Crippen molar-refractivity contribution in [3.8, 4) is 0 Å². The summed E-state index contributed by atoms with van der Waals surface area (Å²) in [5.74, 6) is 0. The van der Waals surface area contributed by atoms with Gasteiger partial charge in [0.2, 0.25) is 0 Å². The minimum Gasteiger partial charge on any atom is -0.308 e. The predicted octanol–water partition coefficient (Wildman–Crippen LogP) is 3.42. The second-order valence-corrected chi connectivity index (χ2v) is 8.54. The van der Waals surface area contributed by atoms with Crippen LogP contribution in [0.15, 0.2) is 0 Å². The first kappa shape index (κ1) is 14.3. The molecule has 2 nitrogen and oxygen atoms in total. The van der Waals surface area contributed by atoms with Crippen LogP contribution >= 0.6 is 0 Å². The number of likely N-dealkylation sites (tertiary alicyclic amines) is 1. The fourth-order valence-electron chi connectivity index (χ4n) is 3.58. The van der Waals surface area contributed by atoms with Gasteiger partial charge in [-0.3, -0.25) is 4.90 Å². The van der Waals surface area contributed by atoms with E-state index in [1.54, 1.807) is 0 Å². The van der Waals surface area contributed by atoms with Crippen molar-refractivity contribution in [1.82, 2.24) is 10.2 Å². The van der Waals surface area contributed by atoms with Crippen molar-refractivity contribution in [2.24, 2.45) is 5.41 Å². The van der Waals surface area contributed by atoms with E-state index in [2.05, 4.69) is 51.8 Å². The molecule has 2 saturated heterocycles. The SMILES string of the molecule is CC(C)(C)[C@@H]1CCC2(CCN(C(C)(C)C)CC2)N1. The molecule has 0 amide bonds. The van der Waals surface area contributed by atoms with Gasteiger partial charge in [-0.1, -0.05) is 20.8 Å². The molecule has 0 saturated carbocycles. The maximum absolute atomic E-state index is 3.99. The Bertz CT molecular complexity index is 287. The van der Waals surface area contributed by atoms with E-state index in [1.807, 2.05) is 0 Å². The van der Waals surface area contributed by atoms with E-state index < -0.39 is 0 Å². The maximum atomic E-state index is 3.99. The smallest absolute Gasteiger partial charge is 0.0209 e. The van der Waals surface area contributed by atoms with E-state index in [0.29, 0.717) is 22.5 Å². The fourth-order valence-corrected chi connectivity index (χ4v) is 3.58. The van der Waals surface area contributed by atoms with Gasteiger partial charge >= 0.3 is 0 Å². The summed E-state index contributed by atoms with van der Waals surface area (Å²) in [6.07, 6.45) is 5.40. The fraction of sp³-hybridized carbons (Fsp3) is 1.00. The summed E-state index contributed by atoms with van der Waals surface area (Å²) in [6.45, 7) is 16.6. The van der Waals surface area contributed by atoms with E-state index in [4.69, 9.17) is 0 Å². The van der Waals surface area contributed by atoms with Crippen molar-refractivity contribution >= 4 is 0 Å².